The minimum absolute atomic E-state index is 1.12. The van der Waals surface area contributed by atoms with Crippen molar-refractivity contribution in [2.24, 2.45) is 11.8 Å². The molecule has 2 unspecified atom stereocenters. The minimum atomic E-state index is 1.12. The molecule has 2 heteroatoms. The normalized spacial score (nSPS) is 17.7. The highest BCUT2D eigenvalue weighted by molar-refractivity contribution is 4.85. The summed E-state index contributed by atoms with van der Waals surface area (Å²) in [5.74, 6) is 2.24. The van der Waals surface area contributed by atoms with E-state index >= 15 is 0 Å². The largest absolute Gasteiger partial charge is 0.308 e. The molecule has 2 nitrogen and oxygen atoms in total. The maximum atomic E-state index is 2.76. The third kappa shape index (κ3) is 21.7. The summed E-state index contributed by atoms with van der Waals surface area (Å²) in [6, 6.07) is 0. The lowest BCUT2D eigenvalue weighted by molar-refractivity contribution is 0.231. The van der Waals surface area contributed by atoms with Crippen LogP contribution in [0.5, 0.6) is 0 Å². The van der Waals surface area contributed by atoms with Gasteiger partial charge in [-0.3, -0.25) is 0 Å². The van der Waals surface area contributed by atoms with Crippen LogP contribution in [0.4, 0.5) is 0 Å². The highest BCUT2D eigenvalue weighted by atomic mass is 15.2. The second kappa shape index (κ2) is 24.3. The van der Waals surface area contributed by atoms with Crippen molar-refractivity contribution in [2.75, 3.05) is 40.3 Å². The van der Waals surface area contributed by atoms with Gasteiger partial charge in [0.2, 0.25) is 0 Å². The van der Waals surface area contributed by atoms with E-state index in [2.05, 4.69) is 37.7 Å². The predicted octanol–water partition coefficient (Wildman–Crippen LogP) is 10.1. The minimum Gasteiger partial charge on any atom is -0.308 e. The molecular weight excluding hydrogens is 424 g/mol. The van der Waals surface area contributed by atoms with E-state index in [-0.39, 0.29) is 0 Å². The standard InChI is InChI=1S/C33H68N2/c1-5-7-9-11-13-15-19-23-27-35(30-29-34(3)4)28-24-20-16-14-18-22-26-33-31-32(33)25-21-17-12-10-8-6-2/h32-33H,5-31H2,1-4H3. The van der Waals surface area contributed by atoms with Crippen molar-refractivity contribution in [3.63, 3.8) is 0 Å². The second-order valence-corrected chi connectivity index (χ2v) is 12.3. The quantitative estimate of drug-likeness (QED) is 0.100. The average Bonchev–Trinajstić information content (AvgIpc) is 3.60. The summed E-state index contributed by atoms with van der Waals surface area (Å²) in [6.45, 7) is 9.73. The van der Waals surface area contributed by atoms with E-state index < -0.39 is 0 Å². The van der Waals surface area contributed by atoms with E-state index in [0.717, 1.165) is 11.8 Å². The van der Waals surface area contributed by atoms with Gasteiger partial charge in [-0.05, 0) is 58.3 Å². The third-order valence-electron chi connectivity index (χ3n) is 8.49. The zero-order chi connectivity index (χ0) is 25.4. The highest BCUT2D eigenvalue weighted by Gasteiger charge is 2.34. The average molecular weight is 493 g/mol. The van der Waals surface area contributed by atoms with Crippen LogP contribution >= 0.6 is 0 Å². The summed E-state index contributed by atoms with van der Waals surface area (Å²) >= 11 is 0. The molecule has 1 aliphatic rings. The highest BCUT2D eigenvalue weighted by Crippen LogP contribution is 2.45. The van der Waals surface area contributed by atoms with E-state index in [9.17, 15) is 0 Å². The predicted molar refractivity (Wildman–Crippen MR) is 160 cm³/mol. The number of hydrogen-bond acceptors (Lipinski definition) is 2. The summed E-state index contributed by atoms with van der Waals surface area (Å²) in [5.41, 5.74) is 0. The van der Waals surface area contributed by atoms with Gasteiger partial charge in [-0.25, -0.2) is 0 Å². The Hall–Kier alpha value is -0.0800. The molecule has 1 rings (SSSR count). The lowest BCUT2D eigenvalue weighted by Gasteiger charge is -2.24. The third-order valence-corrected chi connectivity index (χ3v) is 8.49. The van der Waals surface area contributed by atoms with Gasteiger partial charge in [-0.15, -0.1) is 0 Å². The number of likely N-dealkylation sites (N-methyl/N-ethyl adjacent to an activating group) is 1. The Morgan fingerprint density at radius 2 is 0.800 bits per heavy atom. The van der Waals surface area contributed by atoms with Crippen LogP contribution < -0.4 is 0 Å². The molecule has 0 saturated heterocycles. The van der Waals surface area contributed by atoms with Crippen molar-refractivity contribution in [3.05, 3.63) is 0 Å². The van der Waals surface area contributed by atoms with Crippen molar-refractivity contribution >= 4 is 0 Å². The molecule has 0 amide bonds. The van der Waals surface area contributed by atoms with Gasteiger partial charge in [0.05, 0.1) is 0 Å². The smallest absolute Gasteiger partial charge is 0.0109 e. The van der Waals surface area contributed by atoms with E-state index in [1.165, 1.54) is 161 Å². The molecule has 1 aliphatic carbocycles. The van der Waals surface area contributed by atoms with Gasteiger partial charge < -0.3 is 9.80 Å². The second-order valence-electron chi connectivity index (χ2n) is 12.3. The molecule has 1 fully saturated rings. The Kier molecular flexibility index (Phi) is 22.8. The molecule has 0 aromatic heterocycles. The van der Waals surface area contributed by atoms with Crippen LogP contribution in [0.3, 0.4) is 0 Å². The van der Waals surface area contributed by atoms with Crippen LogP contribution in [0.25, 0.3) is 0 Å². The SMILES string of the molecule is CCCCCCCCCCN(CCCCCCCCC1CC1CCCCCCCC)CCN(C)C. The molecule has 0 spiro atoms. The molecule has 2 atom stereocenters. The first-order valence-electron chi connectivity index (χ1n) is 16.5. The Bertz CT molecular complexity index is 421. The topological polar surface area (TPSA) is 6.48 Å². The first-order valence-corrected chi connectivity index (χ1v) is 16.5. The molecule has 210 valence electrons. The van der Waals surface area contributed by atoms with Crippen LogP contribution in [-0.4, -0.2) is 50.1 Å². The van der Waals surface area contributed by atoms with E-state index in [1.54, 1.807) is 12.8 Å². The molecule has 0 aromatic carbocycles. The fourth-order valence-electron chi connectivity index (χ4n) is 5.80. The fraction of sp³-hybridized carbons (Fsp3) is 1.00. The molecule has 0 aromatic rings. The lowest BCUT2D eigenvalue weighted by Crippen LogP contribution is -2.33. The molecular formula is C33H68N2. The number of rotatable bonds is 28. The Morgan fingerprint density at radius 1 is 0.429 bits per heavy atom. The summed E-state index contributed by atoms with van der Waals surface area (Å²) in [7, 11) is 4.43. The van der Waals surface area contributed by atoms with Gasteiger partial charge in [0.25, 0.3) is 0 Å². The van der Waals surface area contributed by atoms with Gasteiger partial charge in [-0.1, -0.05) is 142 Å². The Balaban J connectivity index is 1.93. The Morgan fingerprint density at radius 3 is 1.20 bits per heavy atom. The first kappa shape index (κ1) is 32.9. The summed E-state index contributed by atoms with van der Waals surface area (Å²) in [6.07, 6.45) is 33.7. The first-order chi connectivity index (χ1) is 17.2. The van der Waals surface area contributed by atoms with Gasteiger partial charge in [0.15, 0.2) is 0 Å². The summed E-state index contributed by atoms with van der Waals surface area (Å²) in [4.78, 5) is 5.10. The van der Waals surface area contributed by atoms with Crippen molar-refractivity contribution in [3.8, 4) is 0 Å². The van der Waals surface area contributed by atoms with Crippen molar-refractivity contribution in [1.29, 1.82) is 0 Å². The summed E-state index contributed by atoms with van der Waals surface area (Å²) in [5, 5.41) is 0. The van der Waals surface area contributed by atoms with Gasteiger partial charge in [-0.2, -0.15) is 0 Å². The molecule has 35 heavy (non-hydrogen) atoms. The zero-order valence-electron chi connectivity index (χ0n) is 25.1. The number of nitrogens with zero attached hydrogens (tertiary/aromatic N) is 2. The van der Waals surface area contributed by atoms with E-state index in [1.807, 2.05) is 0 Å². The molecule has 1 saturated carbocycles. The molecule has 0 heterocycles. The van der Waals surface area contributed by atoms with Crippen LogP contribution in [0.1, 0.15) is 162 Å². The monoisotopic (exact) mass is 493 g/mol. The van der Waals surface area contributed by atoms with Gasteiger partial charge in [0, 0.05) is 13.1 Å². The number of unbranched alkanes of at least 4 members (excludes halogenated alkanes) is 17. The van der Waals surface area contributed by atoms with Gasteiger partial charge >= 0.3 is 0 Å². The molecule has 0 radical (unpaired) electrons. The maximum absolute atomic E-state index is 2.76. The van der Waals surface area contributed by atoms with Crippen LogP contribution in [0, 0.1) is 11.8 Å². The van der Waals surface area contributed by atoms with E-state index in [4.69, 9.17) is 0 Å². The molecule has 0 bridgehead atoms. The van der Waals surface area contributed by atoms with Gasteiger partial charge in [0.1, 0.15) is 0 Å². The van der Waals surface area contributed by atoms with Crippen molar-refractivity contribution in [2.45, 2.75) is 162 Å². The molecule has 0 aliphatic heterocycles. The van der Waals surface area contributed by atoms with Crippen molar-refractivity contribution in [1.82, 2.24) is 9.80 Å². The van der Waals surface area contributed by atoms with Crippen LogP contribution in [0.15, 0.2) is 0 Å². The zero-order valence-corrected chi connectivity index (χ0v) is 25.1. The summed E-state index contributed by atoms with van der Waals surface area (Å²) < 4.78 is 0. The van der Waals surface area contributed by atoms with E-state index in [0.29, 0.717) is 0 Å². The van der Waals surface area contributed by atoms with Crippen LogP contribution in [0.2, 0.25) is 0 Å². The fourth-order valence-corrected chi connectivity index (χ4v) is 5.80. The maximum Gasteiger partial charge on any atom is 0.0109 e. The van der Waals surface area contributed by atoms with Crippen LogP contribution in [-0.2, 0) is 0 Å². The Labute approximate surface area is 223 Å². The van der Waals surface area contributed by atoms with Crippen molar-refractivity contribution < 1.29 is 0 Å². The number of hydrogen-bond donors (Lipinski definition) is 0. The molecule has 0 N–H and O–H groups in total. The lowest BCUT2D eigenvalue weighted by atomic mass is 10.0.